The Morgan fingerprint density at radius 1 is 0.955 bits per heavy atom. The van der Waals surface area contributed by atoms with E-state index in [2.05, 4.69) is 10.6 Å². The van der Waals surface area contributed by atoms with E-state index in [1.54, 1.807) is 0 Å². The topological polar surface area (TPSA) is 78.4 Å². The van der Waals surface area contributed by atoms with Gasteiger partial charge in [-0.3, -0.25) is 9.59 Å². The van der Waals surface area contributed by atoms with Gasteiger partial charge in [-0.2, -0.15) is 0 Å². The van der Waals surface area contributed by atoms with Gasteiger partial charge in [-0.15, -0.1) is 0 Å². The largest absolute Gasteiger partial charge is 0.396 e. The number of carbonyl (C=O) groups is 2. The van der Waals surface area contributed by atoms with Crippen molar-refractivity contribution in [3.8, 4) is 0 Å². The van der Waals surface area contributed by atoms with Gasteiger partial charge < -0.3 is 15.7 Å². The Kier molecular flexibility index (Phi) is 4.71. The number of nitrogens with one attached hydrogen (secondary N) is 2. The number of hydrogen-bond acceptors (Lipinski definition) is 3. The van der Waals surface area contributed by atoms with E-state index in [0.29, 0.717) is 25.9 Å². The Bertz CT molecular complexity index is 400. The van der Waals surface area contributed by atoms with Crippen LogP contribution in [0, 0.1) is 23.2 Å². The molecule has 4 fully saturated rings. The van der Waals surface area contributed by atoms with Crippen LogP contribution in [0.3, 0.4) is 0 Å². The lowest BCUT2D eigenvalue weighted by molar-refractivity contribution is -0.146. The normalized spacial score (nSPS) is 35.4. The van der Waals surface area contributed by atoms with Crippen LogP contribution in [-0.4, -0.2) is 36.6 Å². The zero-order valence-electron chi connectivity index (χ0n) is 13.3. The summed E-state index contributed by atoms with van der Waals surface area (Å²) in [6.45, 7) is 1.01. The van der Waals surface area contributed by atoms with Gasteiger partial charge in [0.15, 0.2) is 0 Å². The lowest BCUT2D eigenvalue weighted by Crippen LogP contribution is -2.53. The molecule has 0 saturated heterocycles. The molecule has 5 nitrogen and oxygen atoms in total. The van der Waals surface area contributed by atoms with Crippen LogP contribution >= 0.6 is 0 Å². The highest BCUT2D eigenvalue weighted by molar-refractivity contribution is 5.84. The average molecular weight is 308 g/mol. The summed E-state index contributed by atoms with van der Waals surface area (Å²) in [5.41, 5.74) is -0.123. The highest BCUT2D eigenvalue weighted by Crippen LogP contribution is 2.60. The standard InChI is InChI=1S/C17H28N2O3/c20-5-1-3-18-15(21)2-4-19-16(22)17-9-12-6-13(10-17)8-14(7-12)11-17/h12-14,20H,1-11H2,(H,18,21)(H,19,22). The van der Waals surface area contributed by atoms with Gasteiger partial charge in [-0.05, 0) is 62.7 Å². The molecule has 0 heterocycles. The number of amides is 2. The smallest absolute Gasteiger partial charge is 0.226 e. The summed E-state index contributed by atoms with van der Waals surface area (Å²) in [4.78, 5) is 24.3. The lowest BCUT2D eigenvalue weighted by atomic mass is 9.49. The average Bonchev–Trinajstić information content (AvgIpc) is 2.46. The third kappa shape index (κ3) is 3.29. The van der Waals surface area contributed by atoms with Gasteiger partial charge in [0.05, 0.1) is 0 Å². The lowest BCUT2D eigenvalue weighted by Gasteiger charge is -2.55. The zero-order valence-corrected chi connectivity index (χ0v) is 13.3. The molecule has 0 aromatic carbocycles. The molecule has 0 unspecified atom stereocenters. The van der Waals surface area contributed by atoms with Gasteiger partial charge >= 0.3 is 0 Å². The van der Waals surface area contributed by atoms with Crippen molar-refractivity contribution in [2.45, 2.75) is 51.4 Å². The minimum Gasteiger partial charge on any atom is -0.396 e. The van der Waals surface area contributed by atoms with Crippen molar-refractivity contribution in [2.75, 3.05) is 19.7 Å². The van der Waals surface area contributed by atoms with Crippen molar-refractivity contribution in [3.63, 3.8) is 0 Å². The SMILES string of the molecule is O=C(CCNC(=O)C12CC3CC(CC(C3)C1)C2)NCCCO. The molecule has 0 spiro atoms. The van der Waals surface area contributed by atoms with E-state index in [1.165, 1.54) is 19.3 Å². The minimum atomic E-state index is -0.123. The maximum atomic E-state index is 12.7. The van der Waals surface area contributed by atoms with Gasteiger partial charge in [0, 0.05) is 31.5 Å². The maximum absolute atomic E-state index is 12.7. The van der Waals surface area contributed by atoms with Crippen LogP contribution in [0.25, 0.3) is 0 Å². The Labute approximate surface area is 132 Å². The molecule has 0 aromatic heterocycles. The van der Waals surface area contributed by atoms with Crippen LogP contribution in [0.1, 0.15) is 51.4 Å². The van der Waals surface area contributed by atoms with Gasteiger partial charge in [0.2, 0.25) is 11.8 Å². The van der Waals surface area contributed by atoms with E-state index >= 15 is 0 Å². The van der Waals surface area contributed by atoms with Crippen LogP contribution in [0.4, 0.5) is 0 Å². The monoisotopic (exact) mass is 308 g/mol. The van der Waals surface area contributed by atoms with Crippen LogP contribution in [0.5, 0.6) is 0 Å². The molecule has 0 atom stereocenters. The minimum absolute atomic E-state index is 0.0562. The summed E-state index contributed by atoms with van der Waals surface area (Å²) in [6, 6.07) is 0. The van der Waals surface area contributed by atoms with Crippen LogP contribution in [0.2, 0.25) is 0 Å². The van der Waals surface area contributed by atoms with Gasteiger partial charge in [0.25, 0.3) is 0 Å². The van der Waals surface area contributed by atoms with Gasteiger partial charge in [0.1, 0.15) is 0 Å². The van der Waals surface area contributed by atoms with Crippen LogP contribution in [-0.2, 0) is 9.59 Å². The molecule has 124 valence electrons. The Morgan fingerprint density at radius 3 is 2.09 bits per heavy atom. The molecule has 4 aliphatic carbocycles. The summed E-state index contributed by atoms with van der Waals surface area (Å²) >= 11 is 0. The van der Waals surface area contributed by atoms with Gasteiger partial charge in [-0.25, -0.2) is 0 Å². The molecular weight excluding hydrogens is 280 g/mol. The molecule has 4 bridgehead atoms. The third-order valence-corrected chi connectivity index (χ3v) is 5.81. The van der Waals surface area contributed by atoms with E-state index in [1.807, 2.05) is 0 Å². The summed E-state index contributed by atoms with van der Waals surface area (Å²) in [5, 5.41) is 14.4. The Morgan fingerprint density at radius 2 is 1.55 bits per heavy atom. The maximum Gasteiger partial charge on any atom is 0.226 e. The number of aliphatic hydroxyl groups excluding tert-OH is 1. The molecule has 0 radical (unpaired) electrons. The van der Waals surface area contributed by atoms with Crippen LogP contribution < -0.4 is 10.6 Å². The zero-order chi connectivity index (χ0) is 15.6. The summed E-state index contributed by atoms with van der Waals surface area (Å²) < 4.78 is 0. The number of hydrogen-bond donors (Lipinski definition) is 3. The molecule has 4 aliphatic rings. The number of aliphatic hydroxyl groups is 1. The van der Waals surface area contributed by atoms with E-state index in [9.17, 15) is 9.59 Å². The molecule has 22 heavy (non-hydrogen) atoms. The second-order valence-corrected chi connectivity index (χ2v) is 7.63. The van der Waals surface area contributed by atoms with Crippen LogP contribution in [0.15, 0.2) is 0 Å². The molecule has 3 N–H and O–H groups in total. The first-order valence-corrected chi connectivity index (χ1v) is 8.77. The first kappa shape index (κ1) is 15.8. The third-order valence-electron chi connectivity index (χ3n) is 5.81. The number of rotatable bonds is 7. The Hall–Kier alpha value is -1.10. The summed E-state index contributed by atoms with van der Waals surface area (Å²) in [6.07, 6.45) is 8.09. The summed E-state index contributed by atoms with van der Waals surface area (Å²) in [7, 11) is 0. The molecule has 5 heteroatoms. The molecule has 4 rings (SSSR count). The molecule has 4 saturated carbocycles. The first-order valence-electron chi connectivity index (χ1n) is 8.77. The van der Waals surface area contributed by atoms with Crippen molar-refractivity contribution in [2.24, 2.45) is 23.2 Å². The Balaban J connectivity index is 1.43. The second kappa shape index (κ2) is 6.57. The molecule has 0 aromatic rings. The van der Waals surface area contributed by atoms with E-state index < -0.39 is 0 Å². The number of carbonyl (C=O) groups excluding carboxylic acids is 2. The fourth-order valence-corrected chi connectivity index (χ4v) is 5.26. The van der Waals surface area contributed by atoms with Crippen molar-refractivity contribution < 1.29 is 14.7 Å². The van der Waals surface area contributed by atoms with E-state index in [-0.39, 0.29) is 23.8 Å². The predicted molar refractivity (Wildman–Crippen MR) is 82.9 cm³/mol. The second-order valence-electron chi connectivity index (χ2n) is 7.63. The van der Waals surface area contributed by atoms with Crippen molar-refractivity contribution in [3.05, 3.63) is 0 Å². The van der Waals surface area contributed by atoms with E-state index in [0.717, 1.165) is 37.0 Å². The summed E-state index contributed by atoms with van der Waals surface area (Å²) in [5.74, 6) is 2.42. The molecular formula is C17H28N2O3. The fourth-order valence-electron chi connectivity index (χ4n) is 5.26. The molecule has 2 amide bonds. The first-order chi connectivity index (χ1) is 10.6. The fraction of sp³-hybridized carbons (Fsp3) is 0.882. The van der Waals surface area contributed by atoms with E-state index in [4.69, 9.17) is 5.11 Å². The highest BCUT2D eigenvalue weighted by atomic mass is 16.3. The molecule has 0 aliphatic heterocycles. The highest BCUT2D eigenvalue weighted by Gasteiger charge is 2.54. The predicted octanol–water partition coefficient (Wildman–Crippen LogP) is 1.21. The quantitative estimate of drug-likeness (QED) is 0.619. The van der Waals surface area contributed by atoms with Crippen molar-refractivity contribution in [1.29, 1.82) is 0 Å². The van der Waals surface area contributed by atoms with Gasteiger partial charge in [-0.1, -0.05) is 0 Å². The van der Waals surface area contributed by atoms with Crippen molar-refractivity contribution >= 4 is 11.8 Å². The van der Waals surface area contributed by atoms with Crippen molar-refractivity contribution in [1.82, 2.24) is 10.6 Å².